The molecule has 0 amide bonds. The summed E-state index contributed by atoms with van der Waals surface area (Å²) in [4.78, 5) is 0. The summed E-state index contributed by atoms with van der Waals surface area (Å²) in [7, 11) is -5.43. The lowest BCUT2D eigenvalue weighted by molar-refractivity contribution is -0.241. The summed E-state index contributed by atoms with van der Waals surface area (Å²) in [6.07, 6.45) is -6.32. The fraction of sp³-hybridized carbons (Fsp3) is 1.00. The summed E-state index contributed by atoms with van der Waals surface area (Å²) in [6, 6.07) is 0. The van der Waals surface area contributed by atoms with E-state index in [9.17, 15) is 30.4 Å². The van der Waals surface area contributed by atoms with Crippen LogP contribution in [0.25, 0.3) is 0 Å². The molecule has 0 heterocycles. The molecule has 0 fully saturated rings. The van der Waals surface area contributed by atoms with Gasteiger partial charge in [0.2, 0.25) is 9.84 Å². The Kier molecular flexibility index (Phi) is 3.29. The first kappa shape index (κ1) is 12.6. The van der Waals surface area contributed by atoms with Gasteiger partial charge in [0.15, 0.2) is 0 Å². The van der Waals surface area contributed by atoms with Gasteiger partial charge in [0.1, 0.15) is 0 Å². The third-order valence-electron chi connectivity index (χ3n) is 1.19. The second kappa shape index (κ2) is 3.39. The molecule has 80 valence electrons. The third-order valence-corrected chi connectivity index (χ3v) is 3.15. The number of hydrogen-bond donors (Lipinski definition) is 0. The Bertz CT molecular complexity index is 265. The Morgan fingerprint density at radius 1 is 1.08 bits per heavy atom. The van der Waals surface area contributed by atoms with Crippen molar-refractivity contribution in [2.45, 2.75) is 24.8 Å². The zero-order valence-corrected chi connectivity index (χ0v) is 7.35. The van der Waals surface area contributed by atoms with Crippen LogP contribution in [0, 0.1) is 0 Å². The molecule has 0 spiro atoms. The van der Waals surface area contributed by atoms with E-state index in [4.69, 9.17) is 0 Å². The second-order valence-electron chi connectivity index (χ2n) is 2.33. The van der Waals surface area contributed by atoms with E-state index in [-0.39, 0.29) is 6.42 Å². The van der Waals surface area contributed by atoms with Crippen LogP contribution in [0.15, 0.2) is 0 Å². The van der Waals surface area contributed by atoms with Crippen molar-refractivity contribution in [2.75, 3.05) is 5.75 Å². The maximum atomic E-state index is 12.2. The van der Waals surface area contributed by atoms with Gasteiger partial charge in [0.05, 0.1) is 5.75 Å². The summed E-state index contributed by atoms with van der Waals surface area (Å²) in [5.41, 5.74) is 0. The Hall–Kier alpha value is -0.400. The number of alkyl halides is 5. The van der Waals surface area contributed by atoms with Crippen LogP contribution in [0.3, 0.4) is 0 Å². The first-order chi connectivity index (χ1) is 5.56. The average Bonchev–Trinajstić information content (AvgIpc) is 1.84. The third kappa shape index (κ3) is 2.29. The molecule has 0 aliphatic heterocycles. The summed E-state index contributed by atoms with van der Waals surface area (Å²) in [5, 5.41) is -5.64. The van der Waals surface area contributed by atoms with E-state index in [2.05, 4.69) is 0 Å². The van der Waals surface area contributed by atoms with Crippen LogP contribution in [0.5, 0.6) is 0 Å². The molecular formula is C5H7F5O2S. The SMILES string of the molecule is CCCS(=O)(=O)C(F)(F)C(F)(F)F. The van der Waals surface area contributed by atoms with Gasteiger partial charge in [-0.3, -0.25) is 0 Å². The first-order valence-electron chi connectivity index (χ1n) is 3.23. The Morgan fingerprint density at radius 2 is 1.46 bits per heavy atom. The van der Waals surface area contributed by atoms with Gasteiger partial charge in [-0.05, 0) is 6.42 Å². The smallest absolute Gasteiger partial charge is 0.222 e. The highest BCUT2D eigenvalue weighted by molar-refractivity contribution is 7.92. The molecule has 0 aromatic rings. The number of sulfone groups is 1. The molecule has 0 bridgehead atoms. The molecular weight excluding hydrogens is 219 g/mol. The van der Waals surface area contributed by atoms with Gasteiger partial charge in [-0.1, -0.05) is 6.92 Å². The molecule has 2 nitrogen and oxygen atoms in total. The van der Waals surface area contributed by atoms with E-state index < -0.39 is 27.0 Å². The highest BCUT2D eigenvalue weighted by atomic mass is 32.2. The molecule has 0 unspecified atom stereocenters. The average molecular weight is 226 g/mol. The van der Waals surface area contributed by atoms with E-state index in [1.54, 1.807) is 0 Å². The predicted molar refractivity (Wildman–Crippen MR) is 35.1 cm³/mol. The quantitative estimate of drug-likeness (QED) is 0.689. The standard InChI is InChI=1S/C5H7F5O2S/c1-2-3-13(11,12)5(9,10)4(6,7)8/h2-3H2,1H3. The number of rotatable bonds is 3. The molecule has 0 saturated heterocycles. The zero-order valence-electron chi connectivity index (χ0n) is 6.53. The lowest BCUT2D eigenvalue weighted by Gasteiger charge is -2.18. The van der Waals surface area contributed by atoms with Crippen molar-refractivity contribution in [3.05, 3.63) is 0 Å². The minimum absolute atomic E-state index is 0.284. The van der Waals surface area contributed by atoms with Gasteiger partial charge < -0.3 is 0 Å². The number of halogens is 5. The van der Waals surface area contributed by atoms with Gasteiger partial charge in [-0.15, -0.1) is 0 Å². The normalized spacial score (nSPS) is 14.6. The Morgan fingerprint density at radius 3 is 1.69 bits per heavy atom. The molecule has 13 heavy (non-hydrogen) atoms. The van der Waals surface area contributed by atoms with E-state index in [0.29, 0.717) is 0 Å². The highest BCUT2D eigenvalue weighted by Gasteiger charge is 2.66. The molecule has 0 aromatic heterocycles. The van der Waals surface area contributed by atoms with Crippen molar-refractivity contribution in [3.63, 3.8) is 0 Å². The number of hydrogen-bond acceptors (Lipinski definition) is 2. The van der Waals surface area contributed by atoms with Gasteiger partial charge in [0, 0.05) is 0 Å². The molecule has 0 rings (SSSR count). The van der Waals surface area contributed by atoms with Gasteiger partial charge in [-0.2, -0.15) is 22.0 Å². The maximum absolute atomic E-state index is 12.2. The molecule has 0 radical (unpaired) electrons. The van der Waals surface area contributed by atoms with Crippen molar-refractivity contribution < 1.29 is 30.4 Å². The van der Waals surface area contributed by atoms with E-state index in [1.165, 1.54) is 6.92 Å². The zero-order chi connectivity index (χ0) is 10.9. The molecule has 0 aliphatic carbocycles. The van der Waals surface area contributed by atoms with Crippen LogP contribution in [0.1, 0.15) is 13.3 Å². The molecule has 0 atom stereocenters. The van der Waals surface area contributed by atoms with Crippen LogP contribution in [0.2, 0.25) is 0 Å². The van der Waals surface area contributed by atoms with Crippen molar-refractivity contribution in [2.24, 2.45) is 0 Å². The van der Waals surface area contributed by atoms with Crippen molar-refractivity contribution in [3.8, 4) is 0 Å². The summed E-state index contributed by atoms with van der Waals surface area (Å²) in [5.74, 6) is -1.18. The Labute approximate surface area is 71.7 Å². The van der Waals surface area contributed by atoms with Crippen molar-refractivity contribution in [1.29, 1.82) is 0 Å². The van der Waals surface area contributed by atoms with E-state index >= 15 is 0 Å². The van der Waals surface area contributed by atoms with Crippen LogP contribution >= 0.6 is 0 Å². The van der Waals surface area contributed by atoms with Gasteiger partial charge in [-0.25, -0.2) is 8.42 Å². The summed E-state index contributed by atoms with van der Waals surface area (Å²) < 4.78 is 79.8. The lowest BCUT2D eigenvalue weighted by atomic mass is 10.6. The van der Waals surface area contributed by atoms with Crippen molar-refractivity contribution in [1.82, 2.24) is 0 Å². The maximum Gasteiger partial charge on any atom is 0.469 e. The minimum atomic E-state index is -6.04. The van der Waals surface area contributed by atoms with Crippen LogP contribution in [-0.2, 0) is 9.84 Å². The van der Waals surface area contributed by atoms with E-state index in [1.807, 2.05) is 0 Å². The van der Waals surface area contributed by atoms with Crippen LogP contribution in [0.4, 0.5) is 22.0 Å². The molecule has 8 heteroatoms. The first-order valence-corrected chi connectivity index (χ1v) is 4.88. The fourth-order valence-corrected chi connectivity index (χ4v) is 1.72. The molecule has 0 aliphatic rings. The molecule has 0 N–H and O–H groups in total. The molecule has 0 aromatic carbocycles. The highest BCUT2D eigenvalue weighted by Crippen LogP contribution is 2.40. The summed E-state index contributed by atoms with van der Waals surface area (Å²) in [6.45, 7) is 1.20. The van der Waals surface area contributed by atoms with Gasteiger partial charge in [0.25, 0.3) is 0 Å². The van der Waals surface area contributed by atoms with Crippen molar-refractivity contribution >= 4 is 9.84 Å². The largest absolute Gasteiger partial charge is 0.469 e. The predicted octanol–water partition coefficient (Wildman–Crippen LogP) is 1.97. The van der Waals surface area contributed by atoms with Crippen LogP contribution < -0.4 is 0 Å². The topological polar surface area (TPSA) is 34.1 Å². The minimum Gasteiger partial charge on any atom is -0.222 e. The fourth-order valence-electron chi connectivity index (χ4n) is 0.573. The molecule has 0 saturated carbocycles. The monoisotopic (exact) mass is 226 g/mol. The lowest BCUT2D eigenvalue weighted by Crippen LogP contribution is -2.45. The van der Waals surface area contributed by atoms with E-state index in [0.717, 1.165) is 0 Å². The second-order valence-corrected chi connectivity index (χ2v) is 4.48. The summed E-state index contributed by atoms with van der Waals surface area (Å²) >= 11 is 0. The Balaban J connectivity index is 5.06. The van der Waals surface area contributed by atoms with Crippen LogP contribution in [-0.4, -0.2) is 25.6 Å². The van der Waals surface area contributed by atoms with Gasteiger partial charge >= 0.3 is 11.4 Å².